The zero-order chi connectivity index (χ0) is 12.9. The fraction of sp³-hybridized carbons (Fsp3) is 0.0833. The van der Waals surface area contributed by atoms with Crippen LogP contribution < -0.4 is 5.56 Å². The molecular formula is C12H9N3O3. The van der Waals surface area contributed by atoms with E-state index in [9.17, 15) is 14.9 Å². The standard InChI is InChI=1S/C12H9N3O3/c1-14-5-4-8-9-6-7(15(17)18)2-3-10(9)13-11(8)12(14)16/h2-6,13H,1H3. The van der Waals surface area contributed by atoms with Gasteiger partial charge in [-0.2, -0.15) is 0 Å². The molecule has 0 saturated heterocycles. The van der Waals surface area contributed by atoms with Gasteiger partial charge in [0.2, 0.25) is 0 Å². The lowest BCUT2D eigenvalue weighted by atomic mass is 10.2. The van der Waals surface area contributed by atoms with E-state index in [1.165, 1.54) is 16.7 Å². The van der Waals surface area contributed by atoms with Crippen molar-refractivity contribution in [1.29, 1.82) is 0 Å². The number of H-pyrrole nitrogens is 1. The fourth-order valence-corrected chi connectivity index (χ4v) is 2.09. The maximum Gasteiger partial charge on any atom is 0.274 e. The lowest BCUT2D eigenvalue weighted by Gasteiger charge is -1.95. The van der Waals surface area contributed by atoms with Gasteiger partial charge in [0, 0.05) is 41.7 Å². The number of benzene rings is 1. The molecule has 0 atom stereocenters. The largest absolute Gasteiger partial charge is 0.350 e. The number of nitrogens with zero attached hydrogens (tertiary/aromatic N) is 2. The van der Waals surface area contributed by atoms with Gasteiger partial charge in [0.15, 0.2) is 0 Å². The molecule has 0 fully saturated rings. The molecule has 1 aromatic carbocycles. The van der Waals surface area contributed by atoms with Crippen molar-refractivity contribution in [3.8, 4) is 0 Å². The summed E-state index contributed by atoms with van der Waals surface area (Å²) in [5.41, 5.74) is 1.06. The van der Waals surface area contributed by atoms with E-state index in [1.807, 2.05) is 0 Å². The molecule has 3 rings (SSSR count). The van der Waals surface area contributed by atoms with Gasteiger partial charge in [0.25, 0.3) is 11.2 Å². The van der Waals surface area contributed by atoms with E-state index in [2.05, 4.69) is 4.98 Å². The zero-order valence-electron chi connectivity index (χ0n) is 9.51. The van der Waals surface area contributed by atoms with Crippen LogP contribution in [0.3, 0.4) is 0 Å². The monoisotopic (exact) mass is 243 g/mol. The molecule has 0 aliphatic rings. The first-order valence-electron chi connectivity index (χ1n) is 5.33. The topological polar surface area (TPSA) is 80.9 Å². The number of fused-ring (bicyclic) bond motifs is 3. The average Bonchev–Trinajstić information content (AvgIpc) is 2.72. The van der Waals surface area contributed by atoms with E-state index < -0.39 is 4.92 Å². The highest BCUT2D eigenvalue weighted by Crippen LogP contribution is 2.26. The van der Waals surface area contributed by atoms with Crippen LogP contribution in [0.5, 0.6) is 0 Å². The number of nitro benzene ring substituents is 1. The van der Waals surface area contributed by atoms with Crippen molar-refractivity contribution in [2.75, 3.05) is 0 Å². The first-order chi connectivity index (χ1) is 8.58. The Kier molecular flexibility index (Phi) is 2.00. The molecule has 3 aromatic rings. The molecule has 0 saturated carbocycles. The lowest BCUT2D eigenvalue weighted by molar-refractivity contribution is -0.384. The number of pyridine rings is 1. The lowest BCUT2D eigenvalue weighted by Crippen LogP contribution is -2.15. The average molecular weight is 243 g/mol. The predicted octanol–water partition coefficient (Wildman–Crippen LogP) is 1.93. The van der Waals surface area contributed by atoms with Crippen LogP contribution in [0.2, 0.25) is 0 Å². The molecule has 2 aromatic heterocycles. The summed E-state index contributed by atoms with van der Waals surface area (Å²) in [6.45, 7) is 0. The van der Waals surface area contributed by atoms with E-state index in [0.29, 0.717) is 16.3 Å². The molecule has 0 aliphatic heterocycles. The first kappa shape index (κ1) is 10.5. The minimum atomic E-state index is -0.445. The highest BCUT2D eigenvalue weighted by atomic mass is 16.6. The molecule has 0 bridgehead atoms. The Morgan fingerprint density at radius 1 is 1.28 bits per heavy atom. The SMILES string of the molecule is Cn1ccc2c([nH]c3ccc([N+](=O)[O-])cc32)c1=O. The first-order valence-corrected chi connectivity index (χ1v) is 5.33. The molecule has 0 amide bonds. The summed E-state index contributed by atoms with van der Waals surface area (Å²) in [5, 5.41) is 12.2. The quantitative estimate of drug-likeness (QED) is 0.523. The van der Waals surface area contributed by atoms with Crippen molar-refractivity contribution in [3.63, 3.8) is 0 Å². The van der Waals surface area contributed by atoms with E-state index >= 15 is 0 Å². The van der Waals surface area contributed by atoms with Gasteiger partial charge in [-0.15, -0.1) is 0 Å². The molecule has 0 radical (unpaired) electrons. The number of hydrogen-bond acceptors (Lipinski definition) is 3. The third-order valence-electron chi connectivity index (χ3n) is 3.03. The normalized spacial score (nSPS) is 11.2. The zero-order valence-corrected chi connectivity index (χ0v) is 9.51. The van der Waals surface area contributed by atoms with Crippen LogP contribution in [-0.4, -0.2) is 14.5 Å². The predicted molar refractivity (Wildman–Crippen MR) is 67.7 cm³/mol. The van der Waals surface area contributed by atoms with Crippen molar-refractivity contribution in [2.45, 2.75) is 0 Å². The summed E-state index contributed by atoms with van der Waals surface area (Å²) in [6.07, 6.45) is 1.65. The summed E-state index contributed by atoms with van der Waals surface area (Å²) < 4.78 is 1.46. The Bertz CT molecular complexity index is 845. The third-order valence-corrected chi connectivity index (χ3v) is 3.03. The van der Waals surface area contributed by atoms with Gasteiger partial charge in [0.05, 0.1) is 4.92 Å². The molecule has 0 aliphatic carbocycles. The highest BCUT2D eigenvalue weighted by molar-refractivity contribution is 6.07. The van der Waals surface area contributed by atoms with Crippen LogP contribution in [0.25, 0.3) is 21.8 Å². The Balaban J connectivity index is 2.49. The number of aromatic amines is 1. The number of rotatable bonds is 1. The highest BCUT2D eigenvalue weighted by Gasteiger charge is 2.12. The van der Waals surface area contributed by atoms with Crippen LogP contribution >= 0.6 is 0 Å². The molecule has 6 nitrogen and oxygen atoms in total. The van der Waals surface area contributed by atoms with Crippen LogP contribution in [0.15, 0.2) is 35.3 Å². The van der Waals surface area contributed by atoms with Gasteiger partial charge in [0.1, 0.15) is 5.52 Å². The second-order valence-electron chi connectivity index (χ2n) is 4.13. The van der Waals surface area contributed by atoms with Crippen LogP contribution in [0.4, 0.5) is 5.69 Å². The number of non-ortho nitro benzene ring substituents is 1. The van der Waals surface area contributed by atoms with E-state index in [1.54, 1.807) is 25.4 Å². The van der Waals surface area contributed by atoms with Crippen molar-refractivity contribution in [2.24, 2.45) is 7.05 Å². The Morgan fingerprint density at radius 3 is 2.78 bits per heavy atom. The molecule has 1 N–H and O–H groups in total. The molecule has 90 valence electrons. The van der Waals surface area contributed by atoms with Crippen molar-refractivity contribution >= 4 is 27.5 Å². The second kappa shape index (κ2) is 3.43. The van der Waals surface area contributed by atoms with Gasteiger partial charge in [-0.05, 0) is 12.1 Å². The van der Waals surface area contributed by atoms with Gasteiger partial charge in [-0.3, -0.25) is 14.9 Å². The number of aromatic nitrogens is 2. The van der Waals surface area contributed by atoms with E-state index in [4.69, 9.17) is 0 Å². The number of aryl methyl sites for hydroxylation is 1. The number of hydrogen-bond donors (Lipinski definition) is 1. The van der Waals surface area contributed by atoms with Crippen molar-refractivity contribution < 1.29 is 4.92 Å². The fourth-order valence-electron chi connectivity index (χ4n) is 2.09. The van der Waals surface area contributed by atoms with Gasteiger partial charge < -0.3 is 9.55 Å². The summed E-state index contributed by atoms with van der Waals surface area (Å²) in [6, 6.07) is 6.29. The summed E-state index contributed by atoms with van der Waals surface area (Å²) in [7, 11) is 1.66. The maximum absolute atomic E-state index is 11.9. The molecule has 0 unspecified atom stereocenters. The van der Waals surface area contributed by atoms with Crippen LogP contribution in [0.1, 0.15) is 0 Å². The van der Waals surface area contributed by atoms with Crippen molar-refractivity contribution in [1.82, 2.24) is 9.55 Å². The Morgan fingerprint density at radius 2 is 2.06 bits per heavy atom. The molecule has 6 heteroatoms. The Hall–Kier alpha value is -2.63. The van der Waals surface area contributed by atoms with Crippen LogP contribution in [0, 0.1) is 10.1 Å². The van der Waals surface area contributed by atoms with Gasteiger partial charge in [-0.1, -0.05) is 0 Å². The summed E-state index contributed by atoms with van der Waals surface area (Å²) in [5.74, 6) is 0. The van der Waals surface area contributed by atoms with Gasteiger partial charge in [-0.25, -0.2) is 0 Å². The summed E-state index contributed by atoms with van der Waals surface area (Å²) in [4.78, 5) is 25.2. The minimum Gasteiger partial charge on any atom is -0.350 e. The second-order valence-corrected chi connectivity index (χ2v) is 4.13. The summed E-state index contributed by atoms with van der Waals surface area (Å²) >= 11 is 0. The van der Waals surface area contributed by atoms with E-state index in [0.717, 1.165) is 5.52 Å². The van der Waals surface area contributed by atoms with Gasteiger partial charge >= 0.3 is 0 Å². The smallest absolute Gasteiger partial charge is 0.274 e. The minimum absolute atomic E-state index is 0.0177. The van der Waals surface area contributed by atoms with Crippen LogP contribution in [-0.2, 0) is 7.05 Å². The van der Waals surface area contributed by atoms with Crippen molar-refractivity contribution in [3.05, 3.63) is 50.9 Å². The third kappa shape index (κ3) is 1.32. The maximum atomic E-state index is 11.9. The molecular weight excluding hydrogens is 234 g/mol. The molecule has 0 spiro atoms. The molecule has 2 heterocycles. The van der Waals surface area contributed by atoms with E-state index in [-0.39, 0.29) is 11.2 Å². The molecule has 18 heavy (non-hydrogen) atoms. The number of nitro groups is 1. The Labute approximate surface area is 101 Å². The number of nitrogens with one attached hydrogen (secondary N) is 1.